The minimum Gasteiger partial charge on any atom is -0.453 e. The van der Waals surface area contributed by atoms with Crippen LogP contribution in [0.15, 0.2) is 54.9 Å². The molecule has 9 nitrogen and oxygen atoms in total. The molecule has 3 N–H and O–H groups in total. The average Bonchev–Trinajstić information content (AvgIpc) is 3.66. The number of amides is 2. The number of fused-ring (bicyclic) bond motifs is 1. The Morgan fingerprint density at radius 1 is 1.10 bits per heavy atom. The fourth-order valence-corrected chi connectivity index (χ4v) is 6.60. The van der Waals surface area contributed by atoms with Gasteiger partial charge in [-0.1, -0.05) is 6.07 Å². The molecule has 42 heavy (non-hydrogen) atoms. The first-order valence-electron chi connectivity index (χ1n) is 14.3. The Labute approximate surface area is 248 Å². The third-order valence-electron chi connectivity index (χ3n) is 7.72. The summed E-state index contributed by atoms with van der Waals surface area (Å²) in [5.74, 6) is -0.00624. The number of hydrogen-bond acceptors (Lipinski definition) is 8. The van der Waals surface area contributed by atoms with Crippen molar-refractivity contribution < 1.29 is 19.0 Å². The molecule has 4 aromatic rings. The molecule has 2 aliphatic rings. The number of aromatic nitrogens is 2. The molecular weight excluding hydrogens is 555 g/mol. The highest BCUT2D eigenvalue weighted by molar-refractivity contribution is 7.22. The zero-order valence-electron chi connectivity index (χ0n) is 23.7. The maximum absolute atomic E-state index is 14.9. The zero-order chi connectivity index (χ0) is 29.2. The monoisotopic (exact) mass is 590 g/mol. The van der Waals surface area contributed by atoms with E-state index >= 15 is 0 Å². The van der Waals surface area contributed by atoms with E-state index in [1.165, 1.54) is 23.5 Å². The third kappa shape index (κ3) is 6.54. The number of piperazine rings is 1. The predicted molar refractivity (Wildman–Crippen MR) is 162 cm³/mol. The van der Waals surface area contributed by atoms with Crippen molar-refractivity contribution >= 4 is 33.3 Å². The van der Waals surface area contributed by atoms with Crippen molar-refractivity contribution in [2.75, 3.05) is 31.6 Å². The first-order chi connectivity index (χ1) is 20.4. The number of carbonyl (C=O) groups is 1. The number of nitrogens with one attached hydrogen (secondary N) is 2. The number of carbonyl (C=O) groups excluding carboxylic acids is 1. The van der Waals surface area contributed by atoms with Crippen LogP contribution in [0.5, 0.6) is 11.5 Å². The minimum absolute atomic E-state index is 0.0638. The lowest BCUT2D eigenvalue weighted by Gasteiger charge is -2.44. The summed E-state index contributed by atoms with van der Waals surface area (Å²) < 4.78 is 21.7. The molecule has 0 unspecified atom stereocenters. The number of anilines is 1. The Bertz CT molecular complexity index is 1550. The molecule has 11 heteroatoms. The molecule has 0 radical (unpaired) electrons. The number of urea groups is 1. The molecule has 1 aliphatic heterocycles. The fraction of sp³-hybridized carbons (Fsp3) is 0.387. The number of pyridine rings is 2. The maximum atomic E-state index is 14.9. The highest BCUT2D eigenvalue weighted by atomic mass is 32.1. The molecule has 2 amide bonds. The van der Waals surface area contributed by atoms with Crippen molar-refractivity contribution in [1.29, 1.82) is 0 Å². The maximum Gasteiger partial charge on any atom is 0.319 e. The second-order valence-corrected chi connectivity index (χ2v) is 12.2. The zero-order valence-corrected chi connectivity index (χ0v) is 24.5. The number of rotatable bonds is 9. The van der Waals surface area contributed by atoms with Gasteiger partial charge in [0.05, 0.1) is 27.4 Å². The quantitative estimate of drug-likeness (QED) is 0.238. The molecule has 2 fully saturated rings. The Kier molecular flexibility index (Phi) is 8.34. The first kappa shape index (κ1) is 28.5. The highest BCUT2D eigenvalue weighted by Gasteiger charge is 2.29. The molecule has 0 spiro atoms. The lowest BCUT2D eigenvalue weighted by Crippen LogP contribution is -2.56. The molecule has 1 saturated carbocycles. The van der Waals surface area contributed by atoms with Gasteiger partial charge in [0.2, 0.25) is 0 Å². The molecule has 1 aliphatic carbocycles. The first-order valence-corrected chi connectivity index (χ1v) is 15.2. The topological polar surface area (TPSA) is 103 Å². The summed E-state index contributed by atoms with van der Waals surface area (Å²) in [4.78, 5) is 27.0. The average molecular weight is 591 g/mol. The third-order valence-corrected chi connectivity index (χ3v) is 8.88. The Morgan fingerprint density at radius 3 is 2.60 bits per heavy atom. The summed E-state index contributed by atoms with van der Waals surface area (Å²) in [6, 6.07) is 12.9. The van der Waals surface area contributed by atoms with Crippen LogP contribution in [0.4, 0.5) is 14.9 Å². The molecule has 1 aromatic carbocycles. The van der Waals surface area contributed by atoms with Crippen LogP contribution in [-0.4, -0.2) is 75.3 Å². The van der Waals surface area contributed by atoms with Gasteiger partial charge in [0, 0.05) is 74.5 Å². The van der Waals surface area contributed by atoms with E-state index in [1.807, 2.05) is 18.3 Å². The predicted octanol–water partition coefficient (Wildman–Crippen LogP) is 5.46. The van der Waals surface area contributed by atoms with Crippen molar-refractivity contribution in [3.05, 3.63) is 66.2 Å². The van der Waals surface area contributed by atoms with Gasteiger partial charge in [-0.25, -0.2) is 9.18 Å². The summed E-state index contributed by atoms with van der Waals surface area (Å²) in [6.07, 6.45) is 5.52. The molecule has 0 bridgehead atoms. The van der Waals surface area contributed by atoms with E-state index < -0.39 is 5.82 Å². The van der Waals surface area contributed by atoms with Gasteiger partial charge in [-0.3, -0.25) is 19.8 Å². The van der Waals surface area contributed by atoms with Crippen molar-refractivity contribution in [2.24, 2.45) is 0 Å². The molecular formula is C31H35FN6O3S. The van der Waals surface area contributed by atoms with E-state index in [1.54, 1.807) is 18.3 Å². The SMILES string of the molecule is C[C@@H]1CN(Cc2ccc(-c3cc4nccc(Oc5ccc(NC(=O)NC6CC6)cc5F)c4s3)nc2)C[C@H](C)N1CCO. The van der Waals surface area contributed by atoms with Crippen LogP contribution in [0.3, 0.4) is 0 Å². The van der Waals surface area contributed by atoms with E-state index in [0.29, 0.717) is 30.1 Å². The summed E-state index contributed by atoms with van der Waals surface area (Å²) in [5.41, 5.74) is 3.10. The van der Waals surface area contributed by atoms with E-state index in [9.17, 15) is 14.3 Å². The fourth-order valence-electron chi connectivity index (χ4n) is 5.55. The van der Waals surface area contributed by atoms with Gasteiger partial charge >= 0.3 is 6.03 Å². The van der Waals surface area contributed by atoms with E-state index in [-0.39, 0.29) is 24.4 Å². The van der Waals surface area contributed by atoms with Gasteiger partial charge < -0.3 is 20.5 Å². The lowest BCUT2D eigenvalue weighted by molar-refractivity contribution is 0.0238. The lowest BCUT2D eigenvalue weighted by atomic mass is 10.1. The second-order valence-electron chi connectivity index (χ2n) is 11.2. The van der Waals surface area contributed by atoms with E-state index in [2.05, 4.69) is 45.3 Å². The standard InChI is InChI=1S/C31H35FN6O3S/c1-19-16-37(17-20(2)38(19)11-12-39)18-21-3-7-25(34-15-21)29-14-26-30(42-29)28(9-10-33-26)41-27-8-6-23(13-24(27)32)36-31(40)35-22-4-5-22/h3,6-10,13-15,19-20,22,39H,4-5,11-12,16-18H2,1-2H3,(H2,35,36,40)/t19-,20+. The van der Waals surface area contributed by atoms with E-state index in [0.717, 1.165) is 58.8 Å². The van der Waals surface area contributed by atoms with Crippen molar-refractivity contribution in [3.8, 4) is 22.1 Å². The van der Waals surface area contributed by atoms with Crippen LogP contribution in [0.1, 0.15) is 32.3 Å². The highest BCUT2D eigenvalue weighted by Crippen LogP contribution is 2.39. The Hall–Kier alpha value is -3.64. The number of benzene rings is 1. The number of aliphatic hydroxyl groups is 1. The van der Waals surface area contributed by atoms with Crippen molar-refractivity contribution in [2.45, 2.75) is 51.4 Å². The second kappa shape index (κ2) is 12.3. The van der Waals surface area contributed by atoms with Crippen LogP contribution >= 0.6 is 11.3 Å². The smallest absolute Gasteiger partial charge is 0.319 e. The Balaban J connectivity index is 1.13. The van der Waals surface area contributed by atoms with Crippen LogP contribution in [-0.2, 0) is 6.54 Å². The summed E-state index contributed by atoms with van der Waals surface area (Å²) >= 11 is 1.50. The summed E-state index contributed by atoms with van der Waals surface area (Å²) in [5, 5.41) is 14.8. The van der Waals surface area contributed by atoms with Gasteiger partial charge in [-0.15, -0.1) is 11.3 Å². The summed E-state index contributed by atoms with van der Waals surface area (Å²) in [7, 11) is 0. The van der Waals surface area contributed by atoms with Gasteiger partial charge in [-0.2, -0.15) is 0 Å². The number of hydrogen-bond donors (Lipinski definition) is 3. The molecule has 4 heterocycles. The molecule has 1 saturated heterocycles. The van der Waals surface area contributed by atoms with Gasteiger partial charge in [-0.05, 0) is 56.5 Å². The molecule has 6 rings (SSSR count). The van der Waals surface area contributed by atoms with Crippen LogP contribution < -0.4 is 15.4 Å². The van der Waals surface area contributed by atoms with Gasteiger partial charge in [0.15, 0.2) is 11.6 Å². The van der Waals surface area contributed by atoms with Gasteiger partial charge in [0.1, 0.15) is 5.75 Å². The largest absolute Gasteiger partial charge is 0.453 e. The van der Waals surface area contributed by atoms with Gasteiger partial charge in [0.25, 0.3) is 0 Å². The van der Waals surface area contributed by atoms with Crippen LogP contribution in [0.2, 0.25) is 0 Å². The van der Waals surface area contributed by atoms with Crippen molar-refractivity contribution in [3.63, 3.8) is 0 Å². The molecule has 220 valence electrons. The van der Waals surface area contributed by atoms with Crippen LogP contribution in [0.25, 0.3) is 20.8 Å². The number of β-amino-alcohol motifs (C(OH)–C–C–N with tert-alkyl or cyclic N) is 1. The van der Waals surface area contributed by atoms with Crippen molar-refractivity contribution in [1.82, 2.24) is 25.1 Å². The number of aliphatic hydroxyl groups excluding tert-OH is 1. The number of thiophene rings is 1. The number of ether oxygens (including phenoxy) is 1. The minimum atomic E-state index is -0.572. The number of nitrogens with zero attached hydrogens (tertiary/aromatic N) is 4. The number of halogens is 1. The normalized spacial score (nSPS) is 19.6. The Morgan fingerprint density at radius 2 is 1.90 bits per heavy atom. The molecule has 3 aromatic heterocycles. The van der Waals surface area contributed by atoms with E-state index in [4.69, 9.17) is 9.72 Å². The van der Waals surface area contributed by atoms with Crippen LogP contribution in [0, 0.1) is 5.82 Å². The summed E-state index contributed by atoms with van der Waals surface area (Å²) in [6.45, 7) is 8.05. The molecule has 2 atom stereocenters.